The SMILES string of the molecule is CC(=O)C1CC(=O)N([C@@H](C)c2ccccc2)C1. The van der Waals surface area contributed by atoms with Crippen molar-refractivity contribution in [1.82, 2.24) is 4.90 Å². The topological polar surface area (TPSA) is 37.4 Å². The van der Waals surface area contributed by atoms with Crippen LogP contribution < -0.4 is 0 Å². The van der Waals surface area contributed by atoms with E-state index in [4.69, 9.17) is 0 Å². The van der Waals surface area contributed by atoms with E-state index < -0.39 is 0 Å². The van der Waals surface area contributed by atoms with E-state index in [1.54, 1.807) is 11.8 Å². The first kappa shape index (κ1) is 11.8. The molecule has 1 aliphatic heterocycles. The molecule has 0 aromatic heterocycles. The maximum atomic E-state index is 11.9. The molecule has 3 heteroatoms. The summed E-state index contributed by atoms with van der Waals surface area (Å²) in [7, 11) is 0. The van der Waals surface area contributed by atoms with E-state index >= 15 is 0 Å². The number of nitrogens with zero attached hydrogens (tertiary/aromatic N) is 1. The first-order valence-electron chi connectivity index (χ1n) is 5.94. The Morgan fingerprint density at radius 2 is 2.00 bits per heavy atom. The van der Waals surface area contributed by atoms with Crippen molar-refractivity contribution in [2.45, 2.75) is 26.3 Å². The van der Waals surface area contributed by atoms with Crippen LogP contribution in [0.5, 0.6) is 0 Å². The molecule has 1 saturated heterocycles. The van der Waals surface area contributed by atoms with Gasteiger partial charge in [-0.3, -0.25) is 9.59 Å². The highest BCUT2D eigenvalue weighted by atomic mass is 16.2. The third kappa shape index (κ3) is 2.38. The predicted octanol–water partition coefficient (Wildman–Crippen LogP) is 2.19. The first-order valence-corrected chi connectivity index (χ1v) is 5.94. The van der Waals surface area contributed by atoms with Gasteiger partial charge in [-0.25, -0.2) is 0 Å². The predicted molar refractivity (Wildman–Crippen MR) is 65.4 cm³/mol. The number of rotatable bonds is 3. The molecule has 0 radical (unpaired) electrons. The fourth-order valence-electron chi connectivity index (χ4n) is 2.29. The van der Waals surface area contributed by atoms with Crippen LogP contribution in [0.1, 0.15) is 31.9 Å². The lowest BCUT2D eigenvalue weighted by atomic mass is 10.0. The van der Waals surface area contributed by atoms with Crippen molar-refractivity contribution in [3.63, 3.8) is 0 Å². The van der Waals surface area contributed by atoms with E-state index in [1.807, 2.05) is 37.3 Å². The molecule has 1 amide bonds. The van der Waals surface area contributed by atoms with Crippen molar-refractivity contribution in [1.29, 1.82) is 0 Å². The zero-order valence-corrected chi connectivity index (χ0v) is 10.2. The van der Waals surface area contributed by atoms with Gasteiger partial charge >= 0.3 is 0 Å². The van der Waals surface area contributed by atoms with Crippen molar-refractivity contribution < 1.29 is 9.59 Å². The average Bonchev–Trinajstić information content (AvgIpc) is 2.72. The van der Waals surface area contributed by atoms with Gasteiger partial charge in [0.05, 0.1) is 6.04 Å². The Labute approximate surface area is 101 Å². The molecule has 1 aromatic carbocycles. The molecule has 1 unspecified atom stereocenters. The van der Waals surface area contributed by atoms with E-state index in [1.165, 1.54) is 0 Å². The van der Waals surface area contributed by atoms with Gasteiger partial charge in [0, 0.05) is 18.9 Å². The molecule has 3 nitrogen and oxygen atoms in total. The summed E-state index contributed by atoms with van der Waals surface area (Å²) in [5.41, 5.74) is 1.12. The minimum Gasteiger partial charge on any atom is -0.335 e. The van der Waals surface area contributed by atoms with E-state index in [2.05, 4.69) is 0 Å². The van der Waals surface area contributed by atoms with Crippen LogP contribution in [-0.4, -0.2) is 23.1 Å². The standard InChI is InChI=1S/C14H17NO2/c1-10(12-6-4-3-5-7-12)15-9-13(11(2)16)8-14(15)17/h3-7,10,13H,8-9H2,1-2H3/t10-,13?/m0/s1. The summed E-state index contributed by atoms with van der Waals surface area (Å²) in [5.74, 6) is 0.0799. The normalized spacial score (nSPS) is 21.6. The molecule has 1 fully saturated rings. The Morgan fingerprint density at radius 3 is 2.53 bits per heavy atom. The summed E-state index contributed by atoms with van der Waals surface area (Å²) in [5, 5.41) is 0. The van der Waals surface area contributed by atoms with Crippen LogP contribution >= 0.6 is 0 Å². The Bertz CT molecular complexity index is 427. The van der Waals surface area contributed by atoms with Crippen LogP contribution in [0.4, 0.5) is 0 Å². The van der Waals surface area contributed by atoms with Crippen LogP contribution in [0.15, 0.2) is 30.3 Å². The molecular weight excluding hydrogens is 214 g/mol. The molecule has 0 N–H and O–H groups in total. The molecule has 17 heavy (non-hydrogen) atoms. The lowest BCUT2D eigenvalue weighted by Crippen LogP contribution is -2.29. The zero-order valence-electron chi connectivity index (χ0n) is 10.2. The molecule has 0 saturated carbocycles. The molecule has 2 atom stereocenters. The van der Waals surface area contributed by atoms with E-state index in [0.717, 1.165) is 5.56 Å². The highest BCUT2D eigenvalue weighted by molar-refractivity contribution is 5.89. The van der Waals surface area contributed by atoms with Crippen LogP contribution in [0.25, 0.3) is 0 Å². The monoisotopic (exact) mass is 231 g/mol. The molecule has 0 bridgehead atoms. The van der Waals surface area contributed by atoms with Crippen molar-refractivity contribution in [3.8, 4) is 0 Å². The van der Waals surface area contributed by atoms with Crippen molar-refractivity contribution >= 4 is 11.7 Å². The average molecular weight is 231 g/mol. The van der Waals surface area contributed by atoms with Gasteiger partial charge in [0.1, 0.15) is 5.78 Å². The smallest absolute Gasteiger partial charge is 0.223 e. The second kappa shape index (κ2) is 4.70. The van der Waals surface area contributed by atoms with Crippen LogP contribution in [0.3, 0.4) is 0 Å². The molecule has 0 spiro atoms. The van der Waals surface area contributed by atoms with Gasteiger partial charge < -0.3 is 4.90 Å². The molecule has 1 heterocycles. The van der Waals surface area contributed by atoms with Gasteiger partial charge in [0.25, 0.3) is 0 Å². The largest absolute Gasteiger partial charge is 0.335 e. The molecular formula is C14H17NO2. The Morgan fingerprint density at radius 1 is 1.35 bits per heavy atom. The van der Waals surface area contributed by atoms with Crippen LogP contribution in [0.2, 0.25) is 0 Å². The summed E-state index contributed by atoms with van der Waals surface area (Å²) in [6.45, 7) is 4.13. The lowest BCUT2D eigenvalue weighted by molar-refractivity contribution is -0.129. The summed E-state index contributed by atoms with van der Waals surface area (Å²) >= 11 is 0. The van der Waals surface area contributed by atoms with Gasteiger partial charge in [0.2, 0.25) is 5.91 Å². The minimum atomic E-state index is -0.117. The highest BCUT2D eigenvalue weighted by Gasteiger charge is 2.35. The number of hydrogen-bond donors (Lipinski definition) is 0. The van der Waals surface area contributed by atoms with Crippen molar-refractivity contribution in [2.75, 3.05) is 6.54 Å². The lowest BCUT2D eigenvalue weighted by Gasteiger charge is -2.25. The Balaban J connectivity index is 2.14. The summed E-state index contributed by atoms with van der Waals surface area (Å²) < 4.78 is 0. The first-order chi connectivity index (χ1) is 8.09. The van der Waals surface area contributed by atoms with E-state index in [-0.39, 0.29) is 23.7 Å². The van der Waals surface area contributed by atoms with E-state index in [0.29, 0.717) is 13.0 Å². The van der Waals surface area contributed by atoms with Gasteiger partial charge in [0.15, 0.2) is 0 Å². The fraction of sp³-hybridized carbons (Fsp3) is 0.429. The molecule has 90 valence electrons. The number of likely N-dealkylation sites (tertiary alicyclic amines) is 1. The van der Waals surface area contributed by atoms with Crippen molar-refractivity contribution in [3.05, 3.63) is 35.9 Å². The number of hydrogen-bond acceptors (Lipinski definition) is 2. The number of amides is 1. The van der Waals surface area contributed by atoms with Gasteiger partial charge in [-0.05, 0) is 19.4 Å². The maximum absolute atomic E-state index is 11.9. The summed E-state index contributed by atoms with van der Waals surface area (Å²) in [6.07, 6.45) is 0.368. The third-order valence-corrected chi connectivity index (χ3v) is 3.48. The van der Waals surface area contributed by atoms with Crippen LogP contribution in [-0.2, 0) is 9.59 Å². The molecule has 0 aliphatic carbocycles. The molecule has 2 rings (SSSR count). The Hall–Kier alpha value is -1.64. The highest BCUT2D eigenvalue weighted by Crippen LogP contribution is 2.28. The summed E-state index contributed by atoms with van der Waals surface area (Å²) in [4.78, 5) is 25.0. The zero-order chi connectivity index (χ0) is 12.4. The molecule has 1 aromatic rings. The summed E-state index contributed by atoms with van der Waals surface area (Å²) in [6, 6.07) is 9.97. The fourth-order valence-corrected chi connectivity index (χ4v) is 2.29. The van der Waals surface area contributed by atoms with Crippen molar-refractivity contribution in [2.24, 2.45) is 5.92 Å². The number of carbonyl (C=O) groups is 2. The third-order valence-electron chi connectivity index (χ3n) is 3.48. The minimum absolute atomic E-state index is 0.0491. The number of Topliss-reactive ketones (excluding diaryl/α,β-unsaturated/α-hetero) is 1. The quantitative estimate of drug-likeness (QED) is 0.799. The van der Waals surface area contributed by atoms with Gasteiger partial charge in [-0.1, -0.05) is 30.3 Å². The number of benzene rings is 1. The number of ketones is 1. The maximum Gasteiger partial charge on any atom is 0.223 e. The van der Waals surface area contributed by atoms with E-state index in [9.17, 15) is 9.59 Å². The molecule has 1 aliphatic rings. The van der Waals surface area contributed by atoms with Crippen LogP contribution in [0, 0.1) is 5.92 Å². The van der Waals surface area contributed by atoms with Gasteiger partial charge in [-0.15, -0.1) is 0 Å². The number of carbonyl (C=O) groups excluding carboxylic acids is 2. The second-order valence-corrected chi connectivity index (χ2v) is 4.64. The second-order valence-electron chi connectivity index (χ2n) is 4.64. The Kier molecular flexibility index (Phi) is 3.27. The van der Waals surface area contributed by atoms with Gasteiger partial charge in [-0.2, -0.15) is 0 Å².